The number of aromatic nitrogens is 2. The van der Waals surface area contributed by atoms with E-state index >= 15 is 0 Å². The zero-order valence-corrected chi connectivity index (χ0v) is 14.7. The second kappa shape index (κ2) is 6.67. The van der Waals surface area contributed by atoms with Crippen molar-refractivity contribution in [2.45, 2.75) is 0 Å². The highest BCUT2D eigenvalue weighted by Gasteiger charge is 2.20. The second-order valence-electron chi connectivity index (χ2n) is 5.56. The number of aromatic amines is 1. The average molecular weight is 360 g/mol. The van der Waals surface area contributed by atoms with Crippen LogP contribution < -0.4 is 0 Å². The lowest BCUT2D eigenvalue weighted by Crippen LogP contribution is -2.10. The van der Waals surface area contributed by atoms with Crippen LogP contribution >= 0.6 is 23.2 Å². The standard InChI is InChI=1S/C18H15Cl2N3O/c1-23(2)10-13(17(24)12-8-7-11(19)9-14(12)20)18-21-15-5-3-4-6-16(15)22-18/h3-10H,1-2H3,(H,21,22). The van der Waals surface area contributed by atoms with E-state index < -0.39 is 0 Å². The van der Waals surface area contributed by atoms with Crippen LogP contribution in [0.1, 0.15) is 16.2 Å². The van der Waals surface area contributed by atoms with Gasteiger partial charge in [-0.05, 0) is 30.3 Å². The number of nitrogens with one attached hydrogen (secondary N) is 1. The van der Waals surface area contributed by atoms with E-state index in [1.54, 1.807) is 29.3 Å². The topological polar surface area (TPSA) is 49.0 Å². The summed E-state index contributed by atoms with van der Waals surface area (Å²) in [6, 6.07) is 12.5. The Labute approximate surface area is 149 Å². The summed E-state index contributed by atoms with van der Waals surface area (Å²) in [7, 11) is 3.69. The molecule has 122 valence electrons. The maximum atomic E-state index is 13.0. The number of carbonyl (C=O) groups is 1. The minimum Gasteiger partial charge on any atom is -0.383 e. The third-order valence-electron chi connectivity index (χ3n) is 3.45. The molecule has 24 heavy (non-hydrogen) atoms. The highest BCUT2D eigenvalue weighted by atomic mass is 35.5. The van der Waals surface area contributed by atoms with Crippen LogP contribution in [0.4, 0.5) is 0 Å². The summed E-state index contributed by atoms with van der Waals surface area (Å²) in [4.78, 5) is 22.5. The Kier molecular flexibility index (Phi) is 4.60. The van der Waals surface area contributed by atoms with E-state index in [2.05, 4.69) is 9.97 Å². The Morgan fingerprint density at radius 3 is 2.58 bits per heavy atom. The molecule has 0 unspecified atom stereocenters. The Hall–Kier alpha value is -2.30. The number of Topliss-reactive ketones (excluding diaryl/α,β-unsaturated/α-hetero) is 1. The molecule has 0 saturated heterocycles. The molecular weight excluding hydrogens is 345 g/mol. The average Bonchev–Trinajstić information content (AvgIpc) is 2.95. The van der Waals surface area contributed by atoms with Crippen molar-refractivity contribution in [3.05, 3.63) is 70.1 Å². The number of imidazole rings is 1. The van der Waals surface area contributed by atoms with Crippen molar-refractivity contribution in [2.75, 3.05) is 14.1 Å². The first-order valence-corrected chi connectivity index (χ1v) is 8.04. The predicted octanol–water partition coefficient (Wildman–Crippen LogP) is 4.66. The smallest absolute Gasteiger partial charge is 0.199 e. The lowest BCUT2D eigenvalue weighted by molar-refractivity contribution is 0.105. The fraction of sp³-hybridized carbons (Fsp3) is 0.111. The van der Waals surface area contributed by atoms with Gasteiger partial charge in [-0.3, -0.25) is 4.79 Å². The number of hydrogen-bond donors (Lipinski definition) is 1. The molecule has 4 nitrogen and oxygen atoms in total. The molecule has 1 heterocycles. The van der Waals surface area contributed by atoms with Gasteiger partial charge in [0, 0.05) is 30.9 Å². The SMILES string of the molecule is CN(C)C=C(C(=O)c1ccc(Cl)cc1Cl)c1nc2ccccc2[nH]1. The Morgan fingerprint density at radius 2 is 1.92 bits per heavy atom. The minimum atomic E-state index is -0.218. The van der Waals surface area contributed by atoms with Crippen LogP contribution in [-0.4, -0.2) is 34.7 Å². The number of halogens is 2. The summed E-state index contributed by atoms with van der Waals surface area (Å²) in [6.45, 7) is 0. The minimum absolute atomic E-state index is 0.218. The van der Waals surface area contributed by atoms with Crippen molar-refractivity contribution in [1.29, 1.82) is 0 Å². The van der Waals surface area contributed by atoms with Gasteiger partial charge in [-0.15, -0.1) is 0 Å². The van der Waals surface area contributed by atoms with Gasteiger partial charge >= 0.3 is 0 Å². The summed E-state index contributed by atoms with van der Waals surface area (Å²) < 4.78 is 0. The largest absolute Gasteiger partial charge is 0.383 e. The first-order valence-electron chi connectivity index (χ1n) is 7.29. The zero-order valence-electron chi connectivity index (χ0n) is 13.2. The van der Waals surface area contributed by atoms with E-state index in [0.29, 0.717) is 27.0 Å². The summed E-state index contributed by atoms with van der Waals surface area (Å²) in [5.41, 5.74) is 2.48. The van der Waals surface area contributed by atoms with Crippen molar-refractivity contribution in [2.24, 2.45) is 0 Å². The normalized spacial score (nSPS) is 11.8. The first kappa shape index (κ1) is 16.6. The van der Waals surface area contributed by atoms with Crippen LogP contribution in [0, 0.1) is 0 Å². The summed E-state index contributed by atoms with van der Waals surface area (Å²) >= 11 is 12.1. The van der Waals surface area contributed by atoms with E-state index in [0.717, 1.165) is 11.0 Å². The molecule has 0 atom stereocenters. The number of H-pyrrole nitrogens is 1. The number of benzene rings is 2. The number of nitrogens with zero attached hydrogens (tertiary/aromatic N) is 2. The lowest BCUT2D eigenvalue weighted by Gasteiger charge is -2.11. The van der Waals surface area contributed by atoms with Crippen LogP contribution in [0.3, 0.4) is 0 Å². The molecule has 0 radical (unpaired) electrons. The Balaban J connectivity index is 2.11. The molecule has 0 bridgehead atoms. The fourth-order valence-electron chi connectivity index (χ4n) is 2.38. The quantitative estimate of drug-likeness (QED) is 0.544. The molecule has 0 amide bonds. The van der Waals surface area contributed by atoms with Crippen molar-refractivity contribution in [3.8, 4) is 0 Å². The van der Waals surface area contributed by atoms with E-state index in [4.69, 9.17) is 23.2 Å². The molecule has 0 saturated carbocycles. The van der Waals surface area contributed by atoms with E-state index in [9.17, 15) is 4.79 Å². The molecule has 0 aliphatic carbocycles. The number of ketones is 1. The Morgan fingerprint density at radius 1 is 1.17 bits per heavy atom. The summed E-state index contributed by atoms with van der Waals surface area (Å²) in [5, 5.41) is 0.798. The van der Waals surface area contributed by atoms with Gasteiger partial charge in [-0.25, -0.2) is 4.98 Å². The van der Waals surface area contributed by atoms with Gasteiger partial charge in [-0.2, -0.15) is 0 Å². The number of fused-ring (bicyclic) bond motifs is 1. The third-order valence-corrected chi connectivity index (χ3v) is 4.00. The highest BCUT2D eigenvalue weighted by molar-refractivity contribution is 6.40. The molecule has 2 aromatic carbocycles. The number of allylic oxidation sites excluding steroid dienone is 1. The lowest BCUT2D eigenvalue weighted by atomic mass is 10.0. The molecule has 0 spiro atoms. The van der Waals surface area contributed by atoms with Crippen molar-refractivity contribution in [3.63, 3.8) is 0 Å². The molecule has 0 fully saturated rings. The number of para-hydroxylation sites is 2. The van der Waals surface area contributed by atoms with Gasteiger partial charge in [0.1, 0.15) is 5.82 Å². The number of hydrogen-bond acceptors (Lipinski definition) is 3. The molecule has 1 aromatic heterocycles. The van der Waals surface area contributed by atoms with Gasteiger partial charge in [0.15, 0.2) is 5.78 Å². The molecule has 0 aliphatic heterocycles. The summed E-state index contributed by atoms with van der Waals surface area (Å²) in [5.74, 6) is 0.283. The molecule has 0 aliphatic rings. The third kappa shape index (κ3) is 3.30. The number of rotatable bonds is 4. The molecule has 1 N–H and O–H groups in total. The molecular formula is C18H15Cl2N3O. The van der Waals surface area contributed by atoms with E-state index in [1.807, 2.05) is 38.4 Å². The maximum Gasteiger partial charge on any atom is 0.199 e. The van der Waals surface area contributed by atoms with Gasteiger partial charge in [0.25, 0.3) is 0 Å². The van der Waals surface area contributed by atoms with Crippen LogP contribution in [0.15, 0.2) is 48.7 Å². The van der Waals surface area contributed by atoms with Gasteiger partial charge < -0.3 is 9.88 Å². The van der Waals surface area contributed by atoms with Crippen molar-refractivity contribution in [1.82, 2.24) is 14.9 Å². The van der Waals surface area contributed by atoms with E-state index in [-0.39, 0.29) is 5.78 Å². The van der Waals surface area contributed by atoms with Crippen LogP contribution in [0.25, 0.3) is 16.6 Å². The zero-order chi connectivity index (χ0) is 17.3. The fourth-order valence-corrected chi connectivity index (χ4v) is 2.88. The van der Waals surface area contributed by atoms with Gasteiger partial charge in [0.2, 0.25) is 0 Å². The molecule has 3 rings (SSSR count). The van der Waals surface area contributed by atoms with Crippen LogP contribution in [0.5, 0.6) is 0 Å². The van der Waals surface area contributed by atoms with Gasteiger partial charge in [0.05, 0.1) is 21.6 Å². The summed E-state index contributed by atoms with van der Waals surface area (Å²) in [6.07, 6.45) is 1.73. The van der Waals surface area contributed by atoms with E-state index in [1.165, 1.54) is 0 Å². The first-order chi connectivity index (χ1) is 11.5. The van der Waals surface area contributed by atoms with Crippen LogP contribution in [0.2, 0.25) is 10.0 Å². The van der Waals surface area contributed by atoms with Crippen molar-refractivity contribution >= 4 is 45.6 Å². The maximum absolute atomic E-state index is 13.0. The molecule has 6 heteroatoms. The Bertz CT molecular complexity index is 911. The van der Waals surface area contributed by atoms with Crippen molar-refractivity contribution < 1.29 is 4.79 Å². The molecule has 3 aromatic rings. The number of carbonyl (C=O) groups excluding carboxylic acids is 1. The van der Waals surface area contributed by atoms with Crippen LogP contribution in [-0.2, 0) is 0 Å². The predicted molar refractivity (Wildman–Crippen MR) is 98.6 cm³/mol. The highest BCUT2D eigenvalue weighted by Crippen LogP contribution is 2.27. The second-order valence-corrected chi connectivity index (χ2v) is 6.41. The monoisotopic (exact) mass is 359 g/mol. The van der Waals surface area contributed by atoms with Gasteiger partial charge in [-0.1, -0.05) is 35.3 Å².